The molecule has 32 heavy (non-hydrogen) atoms. The van der Waals surface area contributed by atoms with Crippen LogP contribution >= 0.6 is 0 Å². The molecule has 0 spiro atoms. The Balaban J connectivity index is 1.14. The molecule has 0 bridgehead atoms. The number of aromatic nitrogens is 3. The lowest BCUT2D eigenvalue weighted by atomic mass is 9.90. The summed E-state index contributed by atoms with van der Waals surface area (Å²) in [5, 5.41) is 10.3. The second-order valence-corrected chi connectivity index (χ2v) is 8.80. The van der Waals surface area contributed by atoms with Crippen LogP contribution in [-0.2, 0) is 12.8 Å². The van der Waals surface area contributed by atoms with Crippen molar-refractivity contribution in [2.75, 3.05) is 36.0 Å². The van der Waals surface area contributed by atoms with Gasteiger partial charge in [-0.3, -0.25) is 0 Å². The lowest BCUT2D eigenvalue weighted by molar-refractivity contribution is 0.639. The van der Waals surface area contributed by atoms with E-state index in [1.54, 1.807) is 0 Å². The van der Waals surface area contributed by atoms with E-state index in [1.807, 2.05) is 6.07 Å². The van der Waals surface area contributed by atoms with Crippen molar-refractivity contribution in [1.29, 1.82) is 0 Å². The highest BCUT2D eigenvalue weighted by Crippen LogP contribution is 2.27. The third kappa shape index (κ3) is 3.68. The minimum absolute atomic E-state index is 0.918. The number of nitrogens with zero attached hydrogens (tertiary/aromatic N) is 5. The van der Waals surface area contributed by atoms with Crippen LogP contribution in [0.15, 0.2) is 66.7 Å². The van der Waals surface area contributed by atoms with Crippen molar-refractivity contribution in [1.82, 2.24) is 15.2 Å². The molecule has 0 amide bonds. The van der Waals surface area contributed by atoms with Crippen molar-refractivity contribution in [2.24, 2.45) is 0 Å². The molecule has 2 aliphatic rings. The molecule has 0 N–H and O–H groups in total. The van der Waals surface area contributed by atoms with Crippen LogP contribution in [0.4, 0.5) is 11.6 Å². The van der Waals surface area contributed by atoms with Gasteiger partial charge in [0.2, 0.25) is 0 Å². The minimum Gasteiger partial charge on any atom is -0.353 e. The topological polar surface area (TPSA) is 45.2 Å². The number of anilines is 2. The van der Waals surface area contributed by atoms with Crippen LogP contribution in [0.2, 0.25) is 0 Å². The molecule has 5 nitrogen and oxygen atoms in total. The molecule has 2 aromatic heterocycles. The highest BCUT2D eigenvalue weighted by atomic mass is 15.3. The number of para-hydroxylation sites is 1. The van der Waals surface area contributed by atoms with Crippen LogP contribution in [0, 0.1) is 0 Å². The summed E-state index contributed by atoms with van der Waals surface area (Å²) in [5.41, 5.74) is 6.18. The fraction of sp³-hybridized carbons (Fsp3) is 0.296. The summed E-state index contributed by atoms with van der Waals surface area (Å²) >= 11 is 0. The number of hydrogen-bond donors (Lipinski definition) is 0. The Labute approximate surface area is 188 Å². The molecule has 2 aromatic carbocycles. The van der Waals surface area contributed by atoms with Gasteiger partial charge in [0.1, 0.15) is 5.82 Å². The van der Waals surface area contributed by atoms with E-state index in [-0.39, 0.29) is 0 Å². The minimum atomic E-state index is 0.918. The SMILES string of the molecule is c1ccc2nc(N3CCN(c4ccc(-c5ccc6c(c5)CCCC6)nn4)CC3)ccc2c1. The van der Waals surface area contributed by atoms with Crippen LogP contribution in [0.25, 0.3) is 22.2 Å². The molecular weight excluding hydrogens is 394 g/mol. The fourth-order valence-corrected chi connectivity index (χ4v) is 4.94. The van der Waals surface area contributed by atoms with Gasteiger partial charge in [-0.15, -0.1) is 10.2 Å². The Morgan fingerprint density at radius 3 is 2.19 bits per heavy atom. The Hall–Kier alpha value is -3.47. The fourth-order valence-electron chi connectivity index (χ4n) is 4.94. The molecule has 0 atom stereocenters. The van der Waals surface area contributed by atoms with E-state index in [9.17, 15) is 0 Å². The van der Waals surface area contributed by atoms with Gasteiger partial charge in [-0.25, -0.2) is 4.98 Å². The van der Waals surface area contributed by atoms with E-state index in [1.165, 1.54) is 47.8 Å². The van der Waals surface area contributed by atoms with Crippen LogP contribution in [0.1, 0.15) is 24.0 Å². The number of hydrogen-bond acceptors (Lipinski definition) is 5. The maximum absolute atomic E-state index is 4.85. The summed E-state index contributed by atoms with van der Waals surface area (Å²) in [4.78, 5) is 9.53. The first-order valence-corrected chi connectivity index (χ1v) is 11.7. The molecule has 1 aliphatic carbocycles. The van der Waals surface area contributed by atoms with E-state index in [4.69, 9.17) is 4.98 Å². The quantitative estimate of drug-likeness (QED) is 0.471. The average Bonchev–Trinajstić information content (AvgIpc) is 2.88. The first kappa shape index (κ1) is 19.2. The van der Waals surface area contributed by atoms with Gasteiger partial charge in [0.25, 0.3) is 0 Å². The predicted molar refractivity (Wildman–Crippen MR) is 130 cm³/mol. The summed E-state index contributed by atoms with van der Waals surface area (Å²) in [6.45, 7) is 3.70. The molecule has 0 unspecified atom stereocenters. The second kappa shape index (κ2) is 8.23. The Morgan fingerprint density at radius 1 is 0.625 bits per heavy atom. The third-order valence-electron chi connectivity index (χ3n) is 6.81. The number of rotatable bonds is 3. The molecule has 5 heteroatoms. The van der Waals surface area contributed by atoms with E-state index >= 15 is 0 Å². The van der Waals surface area contributed by atoms with Crippen LogP contribution in [0.3, 0.4) is 0 Å². The van der Waals surface area contributed by atoms with Gasteiger partial charge in [0.15, 0.2) is 5.82 Å². The average molecular weight is 422 g/mol. The van der Waals surface area contributed by atoms with E-state index in [0.717, 1.165) is 49.0 Å². The summed E-state index contributed by atoms with van der Waals surface area (Å²) in [6, 6.07) is 23.6. The Morgan fingerprint density at radius 2 is 1.38 bits per heavy atom. The van der Waals surface area contributed by atoms with E-state index in [0.29, 0.717) is 0 Å². The summed E-state index contributed by atoms with van der Waals surface area (Å²) in [5.74, 6) is 2.01. The van der Waals surface area contributed by atoms with Crippen molar-refractivity contribution in [3.05, 3.63) is 77.9 Å². The standard InChI is InChI=1S/C27H27N5/c1-2-7-22-19-23(10-9-20(22)5-1)25-12-14-27(30-29-25)32-17-15-31(16-18-32)26-13-11-21-6-3-4-8-24(21)28-26/h3-4,6,8-14,19H,1-2,5,7,15-18H2. The largest absolute Gasteiger partial charge is 0.353 e. The first-order chi connectivity index (χ1) is 15.8. The van der Waals surface area contributed by atoms with Crippen LogP contribution in [-0.4, -0.2) is 41.4 Å². The maximum Gasteiger partial charge on any atom is 0.151 e. The lowest BCUT2D eigenvalue weighted by Gasteiger charge is -2.35. The number of aryl methyl sites for hydroxylation is 2. The molecule has 6 rings (SSSR count). The lowest BCUT2D eigenvalue weighted by Crippen LogP contribution is -2.47. The van der Waals surface area contributed by atoms with Gasteiger partial charge in [0.05, 0.1) is 11.2 Å². The Bertz CT molecular complexity index is 1240. The molecular formula is C27H27N5. The van der Waals surface area contributed by atoms with Gasteiger partial charge < -0.3 is 9.80 Å². The molecule has 0 saturated carbocycles. The highest BCUT2D eigenvalue weighted by Gasteiger charge is 2.20. The molecule has 1 saturated heterocycles. The maximum atomic E-state index is 4.85. The normalized spacial score (nSPS) is 16.2. The highest BCUT2D eigenvalue weighted by molar-refractivity contribution is 5.80. The van der Waals surface area contributed by atoms with E-state index in [2.05, 4.69) is 80.7 Å². The number of pyridine rings is 1. The predicted octanol–water partition coefficient (Wildman–Crippen LogP) is 4.90. The number of benzene rings is 2. The van der Waals surface area contributed by atoms with Gasteiger partial charge in [-0.1, -0.05) is 30.3 Å². The summed E-state index contributed by atoms with van der Waals surface area (Å²) < 4.78 is 0. The molecule has 3 heterocycles. The molecule has 4 aromatic rings. The number of piperazine rings is 1. The molecule has 1 fully saturated rings. The monoisotopic (exact) mass is 421 g/mol. The zero-order valence-corrected chi connectivity index (χ0v) is 18.2. The smallest absolute Gasteiger partial charge is 0.151 e. The third-order valence-corrected chi connectivity index (χ3v) is 6.81. The Kier molecular flexibility index (Phi) is 4.94. The zero-order chi connectivity index (χ0) is 21.3. The van der Waals surface area contributed by atoms with Crippen LogP contribution in [0.5, 0.6) is 0 Å². The first-order valence-electron chi connectivity index (χ1n) is 11.7. The molecule has 160 valence electrons. The number of fused-ring (bicyclic) bond motifs is 2. The van der Waals surface area contributed by atoms with Gasteiger partial charge in [-0.05, 0) is 73.2 Å². The molecule has 1 aliphatic heterocycles. The van der Waals surface area contributed by atoms with Crippen molar-refractivity contribution < 1.29 is 0 Å². The second-order valence-electron chi connectivity index (χ2n) is 8.80. The zero-order valence-electron chi connectivity index (χ0n) is 18.2. The summed E-state index contributed by atoms with van der Waals surface area (Å²) in [6.07, 6.45) is 5.00. The van der Waals surface area contributed by atoms with Gasteiger partial charge >= 0.3 is 0 Å². The van der Waals surface area contributed by atoms with Crippen molar-refractivity contribution in [3.8, 4) is 11.3 Å². The van der Waals surface area contributed by atoms with Gasteiger partial charge in [-0.2, -0.15) is 0 Å². The van der Waals surface area contributed by atoms with Crippen molar-refractivity contribution in [3.63, 3.8) is 0 Å². The van der Waals surface area contributed by atoms with Crippen molar-refractivity contribution >= 4 is 22.5 Å². The van der Waals surface area contributed by atoms with Crippen molar-refractivity contribution in [2.45, 2.75) is 25.7 Å². The molecule has 0 radical (unpaired) electrons. The van der Waals surface area contributed by atoms with Gasteiger partial charge in [0, 0.05) is 37.1 Å². The van der Waals surface area contributed by atoms with Crippen LogP contribution < -0.4 is 9.80 Å². The summed E-state index contributed by atoms with van der Waals surface area (Å²) in [7, 11) is 0. The van der Waals surface area contributed by atoms with E-state index < -0.39 is 0 Å².